The first kappa shape index (κ1) is 10.6. The molecule has 2 nitrogen and oxygen atoms in total. The third-order valence-electron chi connectivity index (χ3n) is 2.58. The molecule has 1 fully saturated rings. The summed E-state index contributed by atoms with van der Waals surface area (Å²) in [7, 11) is 0. The average Bonchev–Trinajstić information content (AvgIpc) is 2.09. The van der Waals surface area contributed by atoms with E-state index in [0.717, 1.165) is 32.6 Å². The van der Waals surface area contributed by atoms with Crippen LogP contribution in [0.5, 0.6) is 0 Å². The van der Waals surface area contributed by atoms with Crippen LogP contribution in [0.4, 0.5) is 0 Å². The highest BCUT2D eigenvalue weighted by molar-refractivity contribution is 4.91. The van der Waals surface area contributed by atoms with Gasteiger partial charge in [0, 0.05) is 24.4 Å². The molecule has 1 aliphatic heterocycles. The fourth-order valence-electron chi connectivity index (χ4n) is 1.45. The molecule has 0 radical (unpaired) electrons. The van der Waals surface area contributed by atoms with Gasteiger partial charge in [-0.25, -0.2) is 0 Å². The Kier molecular flexibility index (Phi) is 3.77. The predicted molar refractivity (Wildman–Crippen MR) is 54.5 cm³/mol. The molecule has 1 saturated heterocycles. The van der Waals surface area contributed by atoms with E-state index in [4.69, 9.17) is 11.2 Å². The van der Waals surface area contributed by atoms with Gasteiger partial charge in [0.2, 0.25) is 0 Å². The molecule has 1 atom stereocenters. The quantitative estimate of drug-likeness (QED) is 0.648. The molecule has 1 heterocycles. The summed E-state index contributed by atoms with van der Waals surface area (Å²) in [5.41, 5.74) is 0.349. The first-order valence-electron chi connectivity index (χ1n) is 4.95. The Balaban J connectivity index is 2.19. The van der Waals surface area contributed by atoms with Crippen molar-refractivity contribution in [2.45, 2.75) is 32.7 Å². The molecule has 13 heavy (non-hydrogen) atoms. The van der Waals surface area contributed by atoms with Crippen molar-refractivity contribution >= 4 is 0 Å². The van der Waals surface area contributed by atoms with Crippen molar-refractivity contribution in [2.24, 2.45) is 5.41 Å². The van der Waals surface area contributed by atoms with E-state index < -0.39 is 0 Å². The monoisotopic (exact) mass is 181 g/mol. The van der Waals surface area contributed by atoms with Gasteiger partial charge in [-0.15, -0.1) is 12.3 Å². The molecule has 2 heteroatoms. The molecule has 0 amide bonds. The smallest absolute Gasteiger partial charge is 0.0554 e. The van der Waals surface area contributed by atoms with Gasteiger partial charge in [-0.1, -0.05) is 13.8 Å². The molecule has 1 N–H and O–H groups in total. The zero-order valence-electron chi connectivity index (χ0n) is 8.60. The van der Waals surface area contributed by atoms with Gasteiger partial charge < -0.3 is 10.1 Å². The van der Waals surface area contributed by atoms with Crippen LogP contribution in [0.15, 0.2) is 0 Å². The van der Waals surface area contributed by atoms with Crippen LogP contribution in [-0.2, 0) is 4.74 Å². The molecule has 0 saturated carbocycles. The number of terminal acetylenes is 1. The van der Waals surface area contributed by atoms with Crippen LogP contribution < -0.4 is 5.32 Å². The van der Waals surface area contributed by atoms with E-state index in [1.54, 1.807) is 0 Å². The summed E-state index contributed by atoms with van der Waals surface area (Å²) in [5, 5.41) is 3.49. The van der Waals surface area contributed by atoms with Crippen LogP contribution in [0.1, 0.15) is 26.7 Å². The van der Waals surface area contributed by atoms with E-state index in [2.05, 4.69) is 25.1 Å². The maximum Gasteiger partial charge on any atom is 0.0554 e. The number of ether oxygens (including phenoxy) is 1. The van der Waals surface area contributed by atoms with E-state index >= 15 is 0 Å². The van der Waals surface area contributed by atoms with E-state index in [1.807, 2.05) is 0 Å². The van der Waals surface area contributed by atoms with Crippen LogP contribution in [0.2, 0.25) is 0 Å². The SMILES string of the molecule is C#CCC(CC)NCC1(C)COC1. The second kappa shape index (κ2) is 4.64. The van der Waals surface area contributed by atoms with Crippen molar-refractivity contribution in [1.82, 2.24) is 5.32 Å². The molecule has 74 valence electrons. The maximum absolute atomic E-state index is 5.28. The Morgan fingerprint density at radius 1 is 1.62 bits per heavy atom. The van der Waals surface area contributed by atoms with Crippen LogP contribution >= 0.6 is 0 Å². The lowest BCUT2D eigenvalue weighted by molar-refractivity contribution is -0.1000. The molecule has 0 bridgehead atoms. The normalized spacial score (nSPS) is 21.6. The first-order valence-corrected chi connectivity index (χ1v) is 4.95. The van der Waals surface area contributed by atoms with Crippen molar-refractivity contribution in [3.63, 3.8) is 0 Å². The van der Waals surface area contributed by atoms with Crippen LogP contribution in [-0.4, -0.2) is 25.8 Å². The van der Waals surface area contributed by atoms with Crippen LogP contribution in [0, 0.1) is 17.8 Å². The van der Waals surface area contributed by atoms with E-state index in [9.17, 15) is 0 Å². The van der Waals surface area contributed by atoms with Gasteiger partial charge in [-0.05, 0) is 6.42 Å². The largest absolute Gasteiger partial charge is 0.380 e. The predicted octanol–water partition coefficient (Wildman–Crippen LogP) is 1.41. The molecule has 0 aliphatic carbocycles. The van der Waals surface area contributed by atoms with Gasteiger partial charge in [0.25, 0.3) is 0 Å². The number of hydrogen-bond donors (Lipinski definition) is 1. The highest BCUT2D eigenvalue weighted by Gasteiger charge is 2.33. The summed E-state index contributed by atoms with van der Waals surface area (Å²) < 4.78 is 5.18. The highest BCUT2D eigenvalue weighted by atomic mass is 16.5. The zero-order valence-corrected chi connectivity index (χ0v) is 8.60. The minimum Gasteiger partial charge on any atom is -0.380 e. The maximum atomic E-state index is 5.28. The zero-order chi connectivity index (χ0) is 9.73. The van der Waals surface area contributed by atoms with Gasteiger partial charge in [0.15, 0.2) is 0 Å². The van der Waals surface area contributed by atoms with Crippen molar-refractivity contribution in [3.05, 3.63) is 0 Å². The van der Waals surface area contributed by atoms with Crippen molar-refractivity contribution in [1.29, 1.82) is 0 Å². The highest BCUT2D eigenvalue weighted by Crippen LogP contribution is 2.25. The summed E-state index contributed by atoms with van der Waals surface area (Å²) in [6.45, 7) is 7.19. The minimum atomic E-state index is 0.349. The van der Waals surface area contributed by atoms with Gasteiger partial charge in [0.1, 0.15) is 0 Å². The summed E-state index contributed by atoms with van der Waals surface area (Å²) in [5.74, 6) is 2.70. The fraction of sp³-hybridized carbons (Fsp3) is 0.818. The van der Waals surface area contributed by atoms with Gasteiger partial charge >= 0.3 is 0 Å². The topological polar surface area (TPSA) is 21.3 Å². The second-order valence-electron chi connectivity index (χ2n) is 4.20. The Bertz CT molecular complexity index is 191. The Morgan fingerprint density at radius 3 is 2.69 bits per heavy atom. The Labute approximate surface area is 81.0 Å². The van der Waals surface area contributed by atoms with Crippen molar-refractivity contribution in [2.75, 3.05) is 19.8 Å². The molecule has 0 aromatic carbocycles. The van der Waals surface area contributed by atoms with E-state index in [1.165, 1.54) is 0 Å². The summed E-state index contributed by atoms with van der Waals surface area (Å²) >= 11 is 0. The summed E-state index contributed by atoms with van der Waals surface area (Å²) in [6.07, 6.45) is 7.20. The third-order valence-corrected chi connectivity index (χ3v) is 2.58. The van der Waals surface area contributed by atoms with Crippen molar-refractivity contribution < 1.29 is 4.74 Å². The molecule has 1 aliphatic rings. The lowest BCUT2D eigenvalue weighted by atomic mass is 9.88. The minimum absolute atomic E-state index is 0.349. The second-order valence-corrected chi connectivity index (χ2v) is 4.20. The van der Waals surface area contributed by atoms with Crippen LogP contribution in [0.3, 0.4) is 0 Å². The standard InChI is InChI=1S/C11H19NO/c1-4-6-10(5-2)12-7-11(3)8-13-9-11/h1,10,12H,5-9H2,2-3H3. The first-order chi connectivity index (χ1) is 6.20. The number of rotatable bonds is 5. The van der Waals surface area contributed by atoms with Gasteiger partial charge in [-0.2, -0.15) is 0 Å². The molecule has 0 spiro atoms. The van der Waals surface area contributed by atoms with Gasteiger partial charge in [-0.3, -0.25) is 0 Å². The number of nitrogens with one attached hydrogen (secondary N) is 1. The summed E-state index contributed by atoms with van der Waals surface area (Å²) in [6, 6.07) is 0.474. The lowest BCUT2D eigenvalue weighted by Gasteiger charge is -2.39. The molecule has 0 aromatic rings. The average molecular weight is 181 g/mol. The molecule has 0 aromatic heterocycles. The Hall–Kier alpha value is -0.520. The molecule has 1 unspecified atom stereocenters. The van der Waals surface area contributed by atoms with Gasteiger partial charge in [0.05, 0.1) is 13.2 Å². The molecule has 1 rings (SSSR count). The van der Waals surface area contributed by atoms with Crippen molar-refractivity contribution in [3.8, 4) is 12.3 Å². The van der Waals surface area contributed by atoms with E-state index in [-0.39, 0.29) is 0 Å². The number of hydrogen-bond acceptors (Lipinski definition) is 2. The fourth-order valence-corrected chi connectivity index (χ4v) is 1.45. The molecular weight excluding hydrogens is 162 g/mol. The Morgan fingerprint density at radius 2 is 2.31 bits per heavy atom. The summed E-state index contributed by atoms with van der Waals surface area (Å²) in [4.78, 5) is 0. The molecular formula is C11H19NO. The third kappa shape index (κ3) is 3.02. The lowest BCUT2D eigenvalue weighted by Crippen LogP contribution is -2.49. The van der Waals surface area contributed by atoms with Crippen LogP contribution in [0.25, 0.3) is 0 Å². The van der Waals surface area contributed by atoms with E-state index in [0.29, 0.717) is 11.5 Å².